The van der Waals surface area contributed by atoms with E-state index in [1.54, 1.807) is 23.1 Å². The maximum absolute atomic E-state index is 13.6. The molecule has 0 bridgehead atoms. The molecule has 3 aromatic carbocycles. The van der Waals surface area contributed by atoms with Gasteiger partial charge in [0.05, 0.1) is 23.6 Å². The lowest BCUT2D eigenvalue weighted by molar-refractivity contribution is 0.0971. The van der Waals surface area contributed by atoms with Crippen molar-refractivity contribution in [2.75, 3.05) is 11.5 Å². The predicted molar refractivity (Wildman–Crippen MR) is 133 cm³/mol. The Morgan fingerprint density at radius 1 is 1.03 bits per heavy atom. The molecule has 7 heteroatoms. The van der Waals surface area contributed by atoms with Crippen molar-refractivity contribution < 1.29 is 13.9 Å². The number of amides is 1. The van der Waals surface area contributed by atoms with Gasteiger partial charge in [-0.25, -0.2) is 0 Å². The highest BCUT2D eigenvalue weighted by atomic mass is 79.9. The summed E-state index contributed by atoms with van der Waals surface area (Å²) in [6.07, 6.45) is 0.903. The maximum Gasteiger partial charge on any atom is 0.295 e. The van der Waals surface area contributed by atoms with Crippen LogP contribution in [0.25, 0.3) is 11.0 Å². The number of benzene rings is 3. The third-order valence-electron chi connectivity index (χ3n) is 5.61. The van der Waals surface area contributed by atoms with E-state index in [0.29, 0.717) is 33.8 Å². The zero-order chi connectivity index (χ0) is 23.1. The molecule has 1 atom stereocenters. The van der Waals surface area contributed by atoms with Crippen molar-refractivity contribution in [2.24, 2.45) is 0 Å². The molecule has 4 aromatic rings. The summed E-state index contributed by atoms with van der Waals surface area (Å²) in [6.45, 7) is 2.66. The van der Waals surface area contributed by atoms with E-state index in [2.05, 4.69) is 15.9 Å². The number of hydrogen-bond donors (Lipinski definition) is 0. The summed E-state index contributed by atoms with van der Waals surface area (Å²) in [5.41, 5.74) is 1.81. The normalized spacial score (nSPS) is 15.2. The maximum atomic E-state index is 13.6. The van der Waals surface area contributed by atoms with E-state index in [-0.39, 0.29) is 17.1 Å². The SMILES string of the molecule is CCCOc1ccc(C2c3c(oc4ccc(Cl)cc4c3=O)C(=O)N2c2ccc(Br)cc2)cc1. The Balaban J connectivity index is 1.72. The Labute approximate surface area is 203 Å². The van der Waals surface area contributed by atoms with Gasteiger partial charge in [0.1, 0.15) is 11.3 Å². The van der Waals surface area contributed by atoms with Gasteiger partial charge in [-0.3, -0.25) is 14.5 Å². The van der Waals surface area contributed by atoms with E-state index in [1.165, 1.54) is 0 Å². The van der Waals surface area contributed by atoms with E-state index in [1.807, 2.05) is 55.5 Å². The van der Waals surface area contributed by atoms with Crippen molar-refractivity contribution in [1.82, 2.24) is 0 Å². The van der Waals surface area contributed by atoms with Gasteiger partial charge in [-0.2, -0.15) is 0 Å². The fourth-order valence-corrected chi connectivity index (χ4v) is 4.53. The average molecular weight is 525 g/mol. The number of fused-ring (bicyclic) bond motifs is 2. The molecule has 166 valence electrons. The first-order valence-electron chi connectivity index (χ1n) is 10.6. The molecule has 1 aliphatic heterocycles. The highest BCUT2D eigenvalue weighted by Crippen LogP contribution is 2.42. The van der Waals surface area contributed by atoms with Gasteiger partial charge in [-0.1, -0.05) is 46.6 Å². The Kier molecular flexibility index (Phi) is 5.72. The highest BCUT2D eigenvalue weighted by molar-refractivity contribution is 9.10. The van der Waals surface area contributed by atoms with E-state index in [4.69, 9.17) is 20.8 Å². The summed E-state index contributed by atoms with van der Waals surface area (Å²) in [5, 5.41) is 0.775. The Morgan fingerprint density at radius 2 is 1.76 bits per heavy atom. The van der Waals surface area contributed by atoms with E-state index in [9.17, 15) is 9.59 Å². The molecule has 1 unspecified atom stereocenters. The van der Waals surface area contributed by atoms with Gasteiger partial charge in [-0.15, -0.1) is 0 Å². The van der Waals surface area contributed by atoms with Gasteiger partial charge in [0.15, 0.2) is 5.43 Å². The molecule has 1 aromatic heterocycles. The highest BCUT2D eigenvalue weighted by Gasteiger charge is 2.43. The minimum Gasteiger partial charge on any atom is -0.494 e. The van der Waals surface area contributed by atoms with E-state index < -0.39 is 6.04 Å². The first-order chi connectivity index (χ1) is 16.0. The number of hydrogen-bond acceptors (Lipinski definition) is 4. The number of halogens is 2. The molecule has 0 radical (unpaired) electrons. The first-order valence-corrected chi connectivity index (χ1v) is 11.7. The Bertz CT molecular complexity index is 1410. The first kappa shape index (κ1) is 21.7. The zero-order valence-electron chi connectivity index (χ0n) is 17.7. The topological polar surface area (TPSA) is 59.8 Å². The van der Waals surface area contributed by atoms with Gasteiger partial charge in [0.25, 0.3) is 5.91 Å². The predicted octanol–water partition coefficient (Wildman–Crippen LogP) is 6.75. The third-order valence-corrected chi connectivity index (χ3v) is 6.37. The summed E-state index contributed by atoms with van der Waals surface area (Å²) < 4.78 is 12.6. The van der Waals surface area contributed by atoms with Crippen molar-refractivity contribution in [1.29, 1.82) is 0 Å². The molecule has 0 N–H and O–H groups in total. The molecule has 2 heterocycles. The lowest BCUT2D eigenvalue weighted by atomic mass is 9.98. The van der Waals surface area contributed by atoms with Gasteiger partial charge in [-0.05, 0) is 66.6 Å². The monoisotopic (exact) mass is 523 g/mol. The largest absolute Gasteiger partial charge is 0.494 e. The van der Waals surface area contributed by atoms with Gasteiger partial charge < -0.3 is 9.15 Å². The summed E-state index contributed by atoms with van der Waals surface area (Å²) in [5.74, 6) is 0.421. The summed E-state index contributed by atoms with van der Waals surface area (Å²) in [7, 11) is 0. The van der Waals surface area contributed by atoms with Gasteiger partial charge in [0.2, 0.25) is 5.76 Å². The number of carbonyl (C=O) groups excluding carboxylic acids is 1. The number of rotatable bonds is 5. The van der Waals surface area contributed by atoms with Crippen LogP contribution in [0.1, 0.15) is 41.1 Å². The van der Waals surface area contributed by atoms with E-state index >= 15 is 0 Å². The standard InChI is InChI=1S/C26H19BrClNO4/c1-2-13-32-19-10-3-15(4-11-19)23-22-24(30)20-14-17(28)7-12-21(20)33-25(22)26(31)29(23)18-8-5-16(27)6-9-18/h3-12,14,23H,2,13H2,1H3. The number of carbonyl (C=O) groups is 1. The second-order valence-corrected chi connectivity index (χ2v) is 9.14. The molecule has 0 spiro atoms. The molecule has 5 nitrogen and oxygen atoms in total. The van der Waals surface area contributed by atoms with Crippen molar-refractivity contribution in [3.63, 3.8) is 0 Å². The number of anilines is 1. The Morgan fingerprint density at radius 3 is 2.45 bits per heavy atom. The fraction of sp³-hybridized carbons (Fsp3) is 0.154. The number of ether oxygens (including phenoxy) is 1. The molecule has 5 rings (SSSR count). The fourth-order valence-electron chi connectivity index (χ4n) is 4.09. The summed E-state index contributed by atoms with van der Waals surface area (Å²) in [6, 6.07) is 19.0. The van der Waals surface area contributed by atoms with Gasteiger partial charge in [0, 0.05) is 15.2 Å². The van der Waals surface area contributed by atoms with E-state index in [0.717, 1.165) is 22.2 Å². The summed E-state index contributed by atoms with van der Waals surface area (Å²) in [4.78, 5) is 28.8. The van der Waals surface area contributed by atoms with Crippen LogP contribution in [0.2, 0.25) is 5.02 Å². The number of nitrogens with zero attached hydrogens (tertiary/aromatic N) is 1. The van der Waals surface area contributed by atoms with Crippen LogP contribution < -0.4 is 15.1 Å². The average Bonchev–Trinajstić information content (AvgIpc) is 3.11. The Hall–Kier alpha value is -3.09. The zero-order valence-corrected chi connectivity index (χ0v) is 20.0. The van der Waals surface area contributed by atoms with Crippen LogP contribution >= 0.6 is 27.5 Å². The van der Waals surface area contributed by atoms with Crippen LogP contribution in [0.5, 0.6) is 5.75 Å². The van der Waals surface area contributed by atoms with Gasteiger partial charge >= 0.3 is 0 Å². The van der Waals surface area contributed by atoms with Crippen molar-refractivity contribution in [3.8, 4) is 5.75 Å². The smallest absolute Gasteiger partial charge is 0.295 e. The molecule has 0 saturated carbocycles. The lowest BCUT2D eigenvalue weighted by Gasteiger charge is -2.25. The second-order valence-electron chi connectivity index (χ2n) is 7.79. The molecular weight excluding hydrogens is 506 g/mol. The molecule has 0 fully saturated rings. The van der Waals surface area contributed by atoms with Crippen LogP contribution in [0.3, 0.4) is 0 Å². The molecular formula is C26H19BrClNO4. The van der Waals surface area contributed by atoms with Crippen molar-refractivity contribution in [3.05, 3.63) is 103 Å². The lowest BCUT2D eigenvalue weighted by Crippen LogP contribution is -2.29. The third kappa shape index (κ3) is 3.83. The quantitative estimate of drug-likeness (QED) is 0.290. The summed E-state index contributed by atoms with van der Waals surface area (Å²) >= 11 is 9.58. The molecule has 0 saturated heterocycles. The molecule has 1 aliphatic rings. The minimum atomic E-state index is -0.645. The van der Waals surface area contributed by atoms with Crippen LogP contribution in [0.15, 0.2) is 80.4 Å². The molecule has 0 aliphatic carbocycles. The molecule has 33 heavy (non-hydrogen) atoms. The van der Waals surface area contributed by atoms with Crippen LogP contribution in [0, 0.1) is 0 Å². The van der Waals surface area contributed by atoms with Crippen LogP contribution in [0.4, 0.5) is 5.69 Å². The molecule has 1 amide bonds. The van der Waals surface area contributed by atoms with Crippen LogP contribution in [-0.2, 0) is 0 Å². The second kappa shape index (κ2) is 8.69. The minimum absolute atomic E-state index is 0.0500. The van der Waals surface area contributed by atoms with Crippen molar-refractivity contribution in [2.45, 2.75) is 19.4 Å². The van der Waals surface area contributed by atoms with Crippen molar-refractivity contribution >= 4 is 50.1 Å². The van der Waals surface area contributed by atoms with Crippen LogP contribution in [-0.4, -0.2) is 12.5 Å².